The quantitative estimate of drug-likeness (QED) is 0.210. The topological polar surface area (TPSA) is 107 Å². The van der Waals surface area contributed by atoms with Crippen LogP contribution >= 0.6 is 0 Å². The summed E-state index contributed by atoms with van der Waals surface area (Å²) in [5.74, 6) is -1.05. The first-order valence-electron chi connectivity index (χ1n) is 13.7. The van der Waals surface area contributed by atoms with Crippen molar-refractivity contribution in [2.45, 2.75) is 50.2 Å². The summed E-state index contributed by atoms with van der Waals surface area (Å²) < 4.78 is 28.0. The minimum atomic E-state index is -3.94. The zero-order chi connectivity index (χ0) is 29.8. The van der Waals surface area contributed by atoms with Gasteiger partial charge in [0, 0.05) is 25.7 Å². The molecule has 3 N–H and O–H groups in total. The zero-order valence-corrected chi connectivity index (χ0v) is 24.8. The number of nitrogens with one attached hydrogen (secondary N) is 1. The maximum absolute atomic E-state index is 13.4. The summed E-state index contributed by atoms with van der Waals surface area (Å²) in [5.41, 5.74) is 2.67. The Hall–Kier alpha value is -3.56. The second kappa shape index (κ2) is 12.5. The molecule has 4 rings (SSSR count). The highest BCUT2D eigenvalue weighted by atomic mass is 32.2. The third-order valence-corrected chi connectivity index (χ3v) is 9.16. The molecule has 0 aliphatic heterocycles. The highest BCUT2D eigenvalue weighted by Crippen LogP contribution is 2.29. The number of aromatic carboxylic acids is 1. The molecule has 216 valence electrons. The lowest BCUT2D eigenvalue weighted by Crippen LogP contribution is -2.47. The van der Waals surface area contributed by atoms with Gasteiger partial charge in [-0.1, -0.05) is 79.7 Å². The number of carboxylic acid groups (broad SMARTS) is 1. The normalized spacial score (nSPS) is 13.0. The number of rotatable bonds is 12. The van der Waals surface area contributed by atoms with Gasteiger partial charge in [-0.25, -0.2) is 13.2 Å². The lowest BCUT2D eigenvalue weighted by Gasteiger charge is -2.29. The van der Waals surface area contributed by atoms with Crippen molar-refractivity contribution in [3.8, 4) is 11.1 Å². The van der Waals surface area contributed by atoms with Gasteiger partial charge in [0.2, 0.25) is 10.0 Å². The van der Waals surface area contributed by atoms with Crippen LogP contribution in [0, 0.1) is 0 Å². The molecule has 0 fully saturated rings. The average Bonchev–Trinajstić information content (AvgIpc) is 2.95. The summed E-state index contributed by atoms with van der Waals surface area (Å²) in [4.78, 5) is 12.0. The summed E-state index contributed by atoms with van der Waals surface area (Å²) in [6.45, 7) is 6.11. The molecule has 1 atom stereocenters. The summed E-state index contributed by atoms with van der Waals surface area (Å²) in [6, 6.07) is 26.1. The van der Waals surface area contributed by atoms with Crippen molar-refractivity contribution in [2.24, 2.45) is 0 Å². The van der Waals surface area contributed by atoms with Crippen LogP contribution in [-0.4, -0.2) is 60.7 Å². The Morgan fingerprint density at radius 2 is 1.66 bits per heavy atom. The number of hydrogen-bond acceptors (Lipinski definition) is 5. The van der Waals surface area contributed by atoms with Gasteiger partial charge in [-0.3, -0.25) is 0 Å². The molecule has 0 amide bonds. The van der Waals surface area contributed by atoms with E-state index in [1.165, 1.54) is 35.5 Å². The third kappa shape index (κ3) is 7.21. The van der Waals surface area contributed by atoms with Crippen LogP contribution in [0.4, 0.5) is 0 Å². The highest BCUT2D eigenvalue weighted by molar-refractivity contribution is 7.89. The Balaban J connectivity index is 1.43. The Bertz CT molecular complexity index is 1650. The SMILES string of the molecule is CCc1cccc(-c2cccc(S(=O)(=O)N(C)CC(O)CNC(C)(C)Cc3ccc4ccccc4c3)c2)c1C(=O)O. The molecule has 1 unspecified atom stereocenters. The molecule has 0 aliphatic rings. The average molecular weight is 575 g/mol. The van der Waals surface area contributed by atoms with Crippen molar-refractivity contribution < 1.29 is 23.4 Å². The van der Waals surface area contributed by atoms with Gasteiger partial charge in [0.1, 0.15) is 0 Å². The van der Waals surface area contributed by atoms with Gasteiger partial charge >= 0.3 is 5.97 Å². The van der Waals surface area contributed by atoms with Gasteiger partial charge in [-0.2, -0.15) is 4.31 Å². The molecule has 0 aromatic heterocycles. The standard InChI is InChI=1S/C33H38N2O5S/c1-5-24-12-9-15-30(31(24)32(37)38)27-13-8-14-29(19-27)41(39,40)35(4)22-28(36)21-34-33(2,3)20-23-16-17-25-10-6-7-11-26(25)18-23/h6-19,28,34,36H,5,20-22H2,1-4H3,(H,37,38). The number of hydrogen-bond donors (Lipinski definition) is 3. The van der Waals surface area contributed by atoms with E-state index >= 15 is 0 Å². The fraction of sp³-hybridized carbons (Fsp3) is 0.303. The van der Waals surface area contributed by atoms with Gasteiger partial charge in [0.25, 0.3) is 0 Å². The second-order valence-electron chi connectivity index (χ2n) is 11.1. The van der Waals surface area contributed by atoms with Crippen LogP contribution in [0.25, 0.3) is 21.9 Å². The van der Waals surface area contributed by atoms with Crippen LogP contribution < -0.4 is 5.32 Å². The smallest absolute Gasteiger partial charge is 0.336 e. The molecule has 7 nitrogen and oxygen atoms in total. The number of carboxylic acids is 1. The van der Waals surface area contributed by atoms with E-state index in [2.05, 4.69) is 49.5 Å². The largest absolute Gasteiger partial charge is 0.478 e. The minimum absolute atomic E-state index is 0.0348. The molecule has 0 saturated carbocycles. The van der Waals surface area contributed by atoms with E-state index < -0.39 is 22.1 Å². The van der Waals surface area contributed by atoms with Crippen LogP contribution in [0.5, 0.6) is 0 Å². The van der Waals surface area contributed by atoms with Crippen molar-refractivity contribution in [3.05, 3.63) is 102 Å². The maximum Gasteiger partial charge on any atom is 0.336 e. The molecule has 0 radical (unpaired) electrons. The first-order valence-corrected chi connectivity index (χ1v) is 15.2. The number of nitrogens with zero attached hydrogens (tertiary/aromatic N) is 1. The summed E-state index contributed by atoms with van der Waals surface area (Å²) in [6.07, 6.45) is 0.346. The maximum atomic E-state index is 13.4. The Morgan fingerprint density at radius 3 is 2.37 bits per heavy atom. The molecule has 8 heteroatoms. The molecule has 0 bridgehead atoms. The fourth-order valence-electron chi connectivity index (χ4n) is 5.17. The molecule has 0 spiro atoms. The van der Waals surface area contributed by atoms with E-state index in [1.807, 2.05) is 19.1 Å². The van der Waals surface area contributed by atoms with Gasteiger partial charge in [-0.15, -0.1) is 0 Å². The third-order valence-electron chi connectivity index (χ3n) is 7.34. The number of carbonyl (C=O) groups is 1. The zero-order valence-electron chi connectivity index (χ0n) is 24.0. The first-order chi connectivity index (χ1) is 19.4. The van der Waals surface area contributed by atoms with Gasteiger partial charge in [-0.05, 0) is 71.8 Å². The Morgan fingerprint density at radius 1 is 0.951 bits per heavy atom. The van der Waals surface area contributed by atoms with E-state index in [1.54, 1.807) is 30.3 Å². The molecule has 0 heterocycles. The molecule has 41 heavy (non-hydrogen) atoms. The van der Waals surface area contributed by atoms with Gasteiger partial charge < -0.3 is 15.5 Å². The van der Waals surface area contributed by atoms with Gasteiger partial charge in [0.05, 0.1) is 16.6 Å². The molecule has 4 aromatic carbocycles. The Labute approximate surface area is 242 Å². The van der Waals surface area contributed by atoms with Gasteiger partial charge in [0.15, 0.2) is 0 Å². The summed E-state index contributed by atoms with van der Waals surface area (Å²) >= 11 is 0. The highest BCUT2D eigenvalue weighted by Gasteiger charge is 2.26. The van der Waals surface area contributed by atoms with Crippen LogP contribution in [0.1, 0.15) is 42.3 Å². The molecular weight excluding hydrogens is 536 g/mol. The number of aliphatic hydroxyl groups excluding tert-OH is 1. The molecular formula is C33H38N2O5S. The van der Waals surface area contributed by atoms with Crippen LogP contribution in [-0.2, 0) is 22.9 Å². The predicted octanol–water partition coefficient (Wildman–Crippen LogP) is 5.36. The summed E-state index contributed by atoms with van der Waals surface area (Å²) in [7, 11) is -2.50. The van der Waals surface area contributed by atoms with Crippen molar-refractivity contribution in [1.29, 1.82) is 0 Å². The van der Waals surface area contributed by atoms with E-state index in [4.69, 9.17) is 0 Å². The lowest BCUT2D eigenvalue weighted by atomic mass is 9.93. The van der Waals surface area contributed by atoms with Crippen LogP contribution in [0.15, 0.2) is 89.8 Å². The fourth-order valence-corrected chi connectivity index (χ4v) is 6.42. The number of likely N-dealkylation sites (N-methyl/N-ethyl adjacent to an activating group) is 1. The monoisotopic (exact) mass is 574 g/mol. The second-order valence-corrected chi connectivity index (χ2v) is 13.1. The van der Waals surface area contributed by atoms with Crippen molar-refractivity contribution in [1.82, 2.24) is 9.62 Å². The number of aryl methyl sites for hydroxylation is 1. The van der Waals surface area contributed by atoms with E-state index in [0.29, 0.717) is 23.1 Å². The number of β-amino-alcohol motifs (C(OH)–C–C–N with tert-alkyl or cyclic N) is 1. The number of aliphatic hydroxyl groups is 1. The molecule has 0 aliphatic carbocycles. The summed E-state index contributed by atoms with van der Waals surface area (Å²) in [5, 5.41) is 26.3. The van der Waals surface area contributed by atoms with E-state index in [-0.39, 0.29) is 29.1 Å². The van der Waals surface area contributed by atoms with Crippen molar-refractivity contribution >= 4 is 26.8 Å². The molecule has 4 aromatic rings. The number of benzene rings is 4. The number of fused-ring (bicyclic) bond motifs is 1. The molecule has 0 saturated heterocycles. The van der Waals surface area contributed by atoms with E-state index in [0.717, 1.165) is 10.7 Å². The van der Waals surface area contributed by atoms with Crippen LogP contribution in [0.3, 0.4) is 0 Å². The first kappa shape index (κ1) is 30.4. The Kier molecular flexibility index (Phi) is 9.29. The van der Waals surface area contributed by atoms with Crippen molar-refractivity contribution in [3.63, 3.8) is 0 Å². The van der Waals surface area contributed by atoms with Crippen LogP contribution in [0.2, 0.25) is 0 Å². The van der Waals surface area contributed by atoms with E-state index in [9.17, 15) is 23.4 Å². The number of sulfonamides is 1. The predicted molar refractivity (Wildman–Crippen MR) is 164 cm³/mol. The van der Waals surface area contributed by atoms with Crippen molar-refractivity contribution in [2.75, 3.05) is 20.1 Å². The lowest BCUT2D eigenvalue weighted by molar-refractivity contribution is 0.0696. The minimum Gasteiger partial charge on any atom is -0.478 e.